The highest BCUT2D eigenvalue weighted by atomic mass is 16.6. The molecule has 10 nitrogen and oxygen atoms in total. The molecule has 2 amide bonds. The van der Waals surface area contributed by atoms with E-state index in [2.05, 4.69) is 32.6 Å². The number of nitrogens with zero attached hydrogens (tertiary/aromatic N) is 3. The van der Waals surface area contributed by atoms with Gasteiger partial charge in [0.05, 0.1) is 12.0 Å². The Morgan fingerprint density at radius 3 is 2.39 bits per heavy atom. The van der Waals surface area contributed by atoms with Crippen molar-refractivity contribution in [3.05, 3.63) is 58.1 Å². The fourth-order valence-corrected chi connectivity index (χ4v) is 3.69. The Bertz CT molecular complexity index is 987. The molecule has 2 N–H and O–H groups in total. The summed E-state index contributed by atoms with van der Waals surface area (Å²) in [6.45, 7) is 6.52. The van der Waals surface area contributed by atoms with E-state index in [1.54, 1.807) is 20.1 Å². The van der Waals surface area contributed by atoms with Crippen LogP contribution in [0.5, 0.6) is 5.75 Å². The monoisotopic (exact) mass is 455 g/mol. The van der Waals surface area contributed by atoms with Gasteiger partial charge >= 0.3 is 11.8 Å². The van der Waals surface area contributed by atoms with Gasteiger partial charge in [-0.15, -0.1) is 0 Å². The molecule has 33 heavy (non-hydrogen) atoms. The number of methoxy groups -OCH3 is 1. The number of hydrogen-bond acceptors (Lipinski definition) is 7. The number of anilines is 2. The molecule has 1 fully saturated rings. The van der Waals surface area contributed by atoms with Crippen LogP contribution in [0, 0.1) is 17.0 Å². The van der Waals surface area contributed by atoms with Gasteiger partial charge < -0.3 is 20.3 Å². The molecule has 10 heteroatoms. The van der Waals surface area contributed by atoms with E-state index >= 15 is 0 Å². The molecule has 0 bridgehead atoms. The number of amides is 2. The summed E-state index contributed by atoms with van der Waals surface area (Å²) in [5, 5.41) is 16.1. The van der Waals surface area contributed by atoms with E-state index in [1.165, 1.54) is 17.8 Å². The van der Waals surface area contributed by atoms with Gasteiger partial charge in [-0.3, -0.25) is 24.6 Å². The third kappa shape index (κ3) is 6.66. The highest BCUT2D eigenvalue weighted by Gasteiger charge is 2.20. The zero-order chi connectivity index (χ0) is 23.8. The van der Waals surface area contributed by atoms with Gasteiger partial charge in [-0.2, -0.15) is 0 Å². The normalized spacial score (nSPS) is 13.9. The molecule has 3 rings (SSSR count). The Morgan fingerprint density at radius 2 is 1.76 bits per heavy atom. The minimum atomic E-state index is -0.921. The molecule has 0 radical (unpaired) electrons. The zero-order valence-electron chi connectivity index (χ0n) is 18.9. The predicted octanol–water partition coefficient (Wildman–Crippen LogP) is 2.18. The van der Waals surface area contributed by atoms with Crippen molar-refractivity contribution in [2.75, 3.05) is 56.6 Å². The summed E-state index contributed by atoms with van der Waals surface area (Å²) in [6, 6.07) is 12.4. The average Bonchev–Trinajstić information content (AvgIpc) is 2.83. The van der Waals surface area contributed by atoms with E-state index in [0.717, 1.165) is 38.5 Å². The smallest absolute Gasteiger partial charge is 0.313 e. The number of nitro groups is 1. The minimum absolute atomic E-state index is 0.000445. The fraction of sp³-hybridized carbons (Fsp3) is 0.391. The highest BCUT2D eigenvalue weighted by Crippen LogP contribution is 2.25. The van der Waals surface area contributed by atoms with Crippen LogP contribution in [-0.4, -0.2) is 68.0 Å². The molecular formula is C23H29N5O5. The second-order valence-electron chi connectivity index (χ2n) is 7.87. The second-order valence-corrected chi connectivity index (χ2v) is 7.87. The van der Waals surface area contributed by atoms with Gasteiger partial charge in [0, 0.05) is 44.5 Å². The van der Waals surface area contributed by atoms with E-state index in [9.17, 15) is 19.7 Å². The van der Waals surface area contributed by atoms with Crippen molar-refractivity contribution in [1.82, 2.24) is 10.2 Å². The molecule has 0 atom stereocenters. The van der Waals surface area contributed by atoms with E-state index < -0.39 is 16.7 Å². The first-order chi connectivity index (χ1) is 15.9. The van der Waals surface area contributed by atoms with Gasteiger partial charge in [-0.1, -0.05) is 6.07 Å². The molecule has 2 aromatic rings. The van der Waals surface area contributed by atoms with Crippen molar-refractivity contribution in [2.45, 2.75) is 13.3 Å². The number of nitro benzene ring substituents is 1. The average molecular weight is 456 g/mol. The summed E-state index contributed by atoms with van der Waals surface area (Å²) < 4.78 is 5.20. The summed E-state index contributed by atoms with van der Waals surface area (Å²) >= 11 is 0. The van der Waals surface area contributed by atoms with Crippen molar-refractivity contribution >= 4 is 28.9 Å². The summed E-state index contributed by atoms with van der Waals surface area (Å²) in [7, 11) is 1.65. The standard InChI is InChI=1S/C23H29N5O5/c1-17-4-9-20(21(16-17)28(31)32)25-23(30)22(29)24-10-3-11-26-12-14-27(15-13-26)18-5-7-19(33-2)8-6-18/h4-9,16H,3,10-15H2,1-2H3,(H,24,29)(H,25,30). The number of nitrogens with one attached hydrogen (secondary N) is 2. The van der Waals surface area contributed by atoms with Crippen LogP contribution in [0.25, 0.3) is 0 Å². The number of aryl methyl sites for hydroxylation is 1. The maximum absolute atomic E-state index is 12.1. The molecule has 2 aromatic carbocycles. The van der Waals surface area contributed by atoms with Gasteiger partial charge in [0.2, 0.25) is 0 Å². The van der Waals surface area contributed by atoms with Crippen molar-refractivity contribution in [3.8, 4) is 5.75 Å². The maximum atomic E-state index is 12.1. The number of carbonyl (C=O) groups is 2. The van der Waals surface area contributed by atoms with Crippen LogP contribution in [0.2, 0.25) is 0 Å². The number of hydrogen-bond donors (Lipinski definition) is 2. The number of rotatable bonds is 8. The highest BCUT2D eigenvalue weighted by molar-refractivity contribution is 6.39. The first-order valence-corrected chi connectivity index (χ1v) is 10.8. The number of benzene rings is 2. The largest absolute Gasteiger partial charge is 0.497 e. The fourth-order valence-electron chi connectivity index (χ4n) is 3.69. The lowest BCUT2D eigenvalue weighted by Gasteiger charge is -2.36. The number of ether oxygens (including phenoxy) is 1. The molecule has 176 valence electrons. The van der Waals surface area contributed by atoms with Crippen molar-refractivity contribution in [3.63, 3.8) is 0 Å². The van der Waals surface area contributed by atoms with Crippen molar-refractivity contribution < 1.29 is 19.2 Å². The zero-order valence-corrected chi connectivity index (χ0v) is 18.9. The molecule has 0 unspecified atom stereocenters. The third-order valence-electron chi connectivity index (χ3n) is 5.55. The van der Waals surface area contributed by atoms with Gasteiger partial charge in [-0.05, 0) is 55.8 Å². The maximum Gasteiger partial charge on any atom is 0.313 e. The quantitative estimate of drug-likeness (QED) is 0.271. The van der Waals surface area contributed by atoms with Crippen LogP contribution in [0.1, 0.15) is 12.0 Å². The third-order valence-corrected chi connectivity index (χ3v) is 5.55. The molecule has 0 spiro atoms. The lowest BCUT2D eigenvalue weighted by Crippen LogP contribution is -2.47. The predicted molar refractivity (Wildman–Crippen MR) is 126 cm³/mol. The summed E-state index contributed by atoms with van der Waals surface area (Å²) in [4.78, 5) is 39.4. The topological polar surface area (TPSA) is 117 Å². The van der Waals surface area contributed by atoms with Gasteiger partial charge in [-0.25, -0.2) is 0 Å². The van der Waals surface area contributed by atoms with Crippen LogP contribution in [-0.2, 0) is 9.59 Å². The van der Waals surface area contributed by atoms with E-state index in [0.29, 0.717) is 18.5 Å². The molecule has 0 aromatic heterocycles. The molecular weight excluding hydrogens is 426 g/mol. The lowest BCUT2D eigenvalue weighted by atomic mass is 10.2. The van der Waals surface area contributed by atoms with Crippen molar-refractivity contribution in [1.29, 1.82) is 0 Å². The molecule has 1 saturated heterocycles. The molecule has 1 heterocycles. The Balaban J connectivity index is 1.37. The van der Waals surface area contributed by atoms with Gasteiger partial charge in [0.15, 0.2) is 0 Å². The summed E-state index contributed by atoms with van der Waals surface area (Å²) in [5.74, 6) is -0.894. The van der Waals surface area contributed by atoms with E-state index in [1.807, 2.05) is 12.1 Å². The first kappa shape index (κ1) is 24.0. The van der Waals surface area contributed by atoms with E-state index in [4.69, 9.17) is 4.74 Å². The van der Waals surface area contributed by atoms with E-state index in [-0.39, 0.29) is 11.4 Å². The Kier molecular flexibility index (Phi) is 8.20. The van der Waals surface area contributed by atoms with Crippen LogP contribution < -0.4 is 20.3 Å². The summed E-state index contributed by atoms with van der Waals surface area (Å²) in [5.41, 5.74) is 1.61. The lowest BCUT2D eigenvalue weighted by molar-refractivity contribution is -0.384. The summed E-state index contributed by atoms with van der Waals surface area (Å²) in [6.07, 6.45) is 0.701. The SMILES string of the molecule is COc1ccc(N2CCN(CCCNC(=O)C(=O)Nc3ccc(C)cc3[N+](=O)[O-])CC2)cc1. The number of piperazine rings is 1. The van der Waals surface area contributed by atoms with Gasteiger partial charge in [0.25, 0.3) is 5.69 Å². The molecule has 1 aliphatic heterocycles. The molecule has 1 aliphatic rings. The Hall–Kier alpha value is -3.66. The van der Waals surface area contributed by atoms with Crippen LogP contribution in [0.3, 0.4) is 0 Å². The van der Waals surface area contributed by atoms with Crippen LogP contribution >= 0.6 is 0 Å². The minimum Gasteiger partial charge on any atom is -0.497 e. The Morgan fingerprint density at radius 1 is 1.06 bits per heavy atom. The van der Waals surface area contributed by atoms with Crippen LogP contribution in [0.4, 0.5) is 17.1 Å². The second kappa shape index (κ2) is 11.3. The Labute approximate surface area is 192 Å². The number of carbonyl (C=O) groups excluding carboxylic acids is 2. The van der Waals surface area contributed by atoms with Crippen LogP contribution in [0.15, 0.2) is 42.5 Å². The van der Waals surface area contributed by atoms with Gasteiger partial charge in [0.1, 0.15) is 11.4 Å². The first-order valence-electron chi connectivity index (χ1n) is 10.8. The molecule has 0 saturated carbocycles. The molecule has 0 aliphatic carbocycles. The van der Waals surface area contributed by atoms with Crippen molar-refractivity contribution in [2.24, 2.45) is 0 Å².